The Labute approximate surface area is 709 Å². The van der Waals surface area contributed by atoms with Crippen LogP contribution in [0.25, 0.3) is 31.9 Å². The summed E-state index contributed by atoms with van der Waals surface area (Å²) in [6.45, 7) is 19.9. The Morgan fingerprint density at radius 3 is 1.55 bits per heavy atom. The van der Waals surface area contributed by atoms with Crippen molar-refractivity contribution in [3.8, 4) is 11.5 Å². The molecular weight excluding hydrogens is 1720 g/mol. The first-order chi connectivity index (χ1) is 58.9. The number of thioether (sulfide) groups is 1. The van der Waals surface area contributed by atoms with Crippen molar-refractivity contribution in [2.24, 2.45) is 0 Å². The summed E-state index contributed by atoms with van der Waals surface area (Å²) in [5.41, 5.74) is 33.2. The second-order valence-electron chi connectivity index (χ2n) is 27.0. The molecule has 0 saturated carbocycles. The summed E-state index contributed by atoms with van der Waals surface area (Å²) in [7, 11) is 0. The SMILES string of the molecule is C=C(C)O[C@@H]1C[C@@H](COC(C)=O)O[C@H]1n1c(=O)oc2c(=O)[nH]c(N)nc21.C=C1Oc2c(nc(N)[nH]c2=O)N1[C@@H]1O[C@H](CO)[C@@H](O)[C@H]1O.C=C1Oc2c(nc(N)[nH]c2=O)N1[C@@H]1O[C@H](CO)[C@@H](O)[C@H]1O.C=C1Sc2c(nc(N)[nH]c2=O)N1C/C=C\CCl.Cc1ccc(Cn2c(=O)sc3c(=O)[nH]c(N)nc32)cn1.Nc1nc2c(sc(=O)n2Cc2ccccc2)c(=O)[nH]1. The van der Waals surface area contributed by atoms with Crippen molar-refractivity contribution in [2.75, 3.05) is 81.3 Å². The molecule has 49 nitrogen and oxygen atoms in total. The molecule has 6 aliphatic rings. The molecule has 656 valence electrons. The monoisotopic (exact) mass is 1800 g/mol. The summed E-state index contributed by atoms with van der Waals surface area (Å²) < 4.78 is 47.1. The number of nitrogens with zero attached hydrogens (tertiary/aromatic N) is 13. The van der Waals surface area contributed by atoms with E-state index in [1.807, 2.05) is 66.4 Å². The Morgan fingerprint density at radius 1 is 0.597 bits per heavy atom. The minimum Gasteiger partial charge on any atom is -0.491 e. The number of aryl methyl sites for hydroxylation is 1. The summed E-state index contributed by atoms with van der Waals surface area (Å²) in [6.07, 6.45) is -5.83. The van der Waals surface area contributed by atoms with Crippen LogP contribution in [0.15, 0.2) is 162 Å². The lowest BCUT2D eigenvalue weighted by molar-refractivity contribution is -0.146. The molecule has 10 aromatic heterocycles. The number of pyridine rings is 1. The van der Waals surface area contributed by atoms with Crippen LogP contribution >= 0.6 is 46.0 Å². The van der Waals surface area contributed by atoms with Gasteiger partial charge < -0.3 is 108 Å². The van der Waals surface area contributed by atoms with Crippen LogP contribution in [0.5, 0.6) is 11.5 Å². The number of rotatable bonds is 16. The molecule has 17 rings (SSSR count). The third kappa shape index (κ3) is 19.3. The number of fused-ring (bicyclic) bond motifs is 6. The number of carbonyl (C=O) groups is 1. The Hall–Kier alpha value is -13.7. The van der Waals surface area contributed by atoms with Crippen molar-refractivity contribution in [2.45, 2.75) is 113 Å². The van der Waals surface area contributed by atoms with Crippen molar-refractivity contribution in [1.29, 1.82) is 0 Å². The number of nitrogens with one attached hydrogen (secondary N) is 6. The highest BCUT2D eigenvalue weighted by Gasteiger charge is 2.51. The zero-order valence-electron chi connectivity index (χ0n) is 65.0. The fraction of sp³-hybridized carbons (Fsp3) is 0.310. The fourth-order valence-corrected chi connectivity index (χ4v) is 15.4. The van der Waals surface area contributed by atoms with E-state index in [4.69, 9.17) is 93.8 Å². The number of alkyl halides is 1. The van der Waals surface area contributed by atoms with E-state index in [9.17, 15) is 68.4 Å². The number of oxazole rings is 1. The molecule has 11 aromatic rings. The summed E-state index contributed by atoms with van der Waals surface area (Å²) in [4.78, 5) is 164. The van der Waals surface area contributed by atoms with Gasteiger partial charge in [0.15, 0.2) is 64.8 Å². The van der Waals surface area contributed by atoms with Gasteiger partial charge in [-0.15, -0.1) is 11.6 Å². The van der Waals surface area contributed by atoms with Gasteiger partial charge in [-0.2, -0.15) is 29.9 Å². The first kappa shape index (κ1) is 89.6. The molecule has 24 N–H and O–H groups in total. The first-order valence-corrected chi connectivity index (χ1v) is 39.3. The molecular formula is C71H78ClN25O24S3. The third-order valence-corrected chi connectivity index (χ3v) is 21.4. The number of thiazole rings is 2. The smallest absolute Gasteiger partial charge is 0.423 e. The van der Waals surface area contributed by atoms with Crippen LogP contribution in [0.2, 0.25) is 0 Å². The molecule has 1 aromatic carbocycles. The maximum atomic E-state index is 12.3. The van der Waals surface area contributed by atoms with Crippen LogP contribution < -0.4 is 107 Å². The number of hydrogen-bond donors (Lipinski definition) is 18. The van der Waals surface area contributed by atoms with Crippen molar-refractivity contribution < 1.29 is 73.0 Å². The van der Waals surface area contributed by atoms with E-state index in [-0.39, 0.29) is 114 Å². The number of nitrogen functional groups attached to an aromatic ring is 6. The normalized spacial score (nSPS) is 20.8. The van der Waals surface area contributed by atoms with Crippen LogP contribution in [0.4, 0.5) is 53.1 Å². The fourth-order valence-electron chi connectivity index (χ4n) is 12.7. The molecule has 0 radical (unpaired) electrons. The summed E-state index contributed by atoms with van der Waals surface area (Å²) >= 11 is 8.59. The third-order valence-electron chi connectivity index (χ3n) is 18.2. The molecule has 11 atom stereocenters. The van der Waals surface area contributed by atoms with Gasteiger partial charge in [-0.25, -0.2) is 9.36 Å². The second-order valence-corrected chi connectivity index (χ2v) is 30.3. The highest BCUT2D eigenvalue weighted by molar-refractivity contribution is 8.03. The molecule has 3 fully saturated rings. The lowest BCUT2D eigenvalue weighted by atomic mass is 10.1. The van der Waals surface area contributed by atoms with E-state index in [0.29, 0.717) is 64.4 Å². The number of aromatic nitrogens is 16. The van der Waals surface area contributed by atoms with E-state index < -0.39 is 115 Å². The largest absolute Gasteiger partial charge is 0.491 e. The topological polar surface area (TPSA) is 735 Å². The Kier molecular flexibility index (Phi) is 27.3. The number of aliphatic hydroxyl groups excluding tert-OH is 6. The zero-order valence-corrected chi connectivity index (χ0v) is 68.2. The van der Waals surface area contributed by atoms with E-state index in [1.165, 1.54) is 37.6 Å². The van der Waals surface area contributed by atoms with E-state index in [2.05, 4.69) is 91.1 Å². The molecule has 0 unspecified atom stereocenters. The number of allylic oxidation sites excluding steroid dienone is 2. The number of carbonyl (C=O) groups excluding carboxylic acids is 1. The number of esters is 1. The van der Waals surface area contributed by atoms with E-state index in [0.717, 1.165) is 49.1 Å². The van der Waals surface area contributed by atoms with E-state index in [1.54, 1.807) is 13.1 Å². The van der Waals surface area contributed by atoms with Gasteiger partial charge in [-0.1, -0.05) is 96.1 Å². The number of ether oxygens (including phenoxy) is 7. The van der Waals surface area contributed by atoms with Crippen molar-refractivity contribution >= 4 is 137 Å². The number of hydrogen-bond acceptors (Lipinski definition) is 43. The number of aliphatic hydroxyl groups is 6. The first-order valence-electron chi connectivity index (χ1n) is 36.3. The predicted octanol–water partition coefficient (Wildman–Crippen LogP) is -2.26. The van der Waals surface area contributed by atoms with Gasteiger partial charge in [0.1, 0.15) is 63.6 Å². The van der Waals surface area contributed by atoms with Crippen molar-refractivity contribution in [3.63, 3.8) is 0 Å². The molecule has 0 spiro atoms. The van der Waals surface area contributed by atoms with Crippen molar-refractivity contribution in [1.82, 2.24) is 78.5 Å². The minimum absolute atomic E-state index is 0.00363. The number of halogens is 1. The Morgan fingerprint density at radius 2 is 1.07 bits per heavy atom. The molecule has 6 aliphatic heterocycles. The highest BCUT2D eigenvalue weighted by Crippen LogP contribution is 2.43. The standard InChI is InChI=1S/C15H18N4O7.C12H11N5O2S.C12H10N4O2S.2C11H14N4O6.C10H11ClN4OS/c1-6(2)24-9-4-8(5-23-7(3)20)25-13(9)19-11-10(26-15(19)22)12(21)18-14(16)17-11;1-6-2-3-7(4-14-6)5-17-9-8(20-12(17)19)10(18)16-11(13)15-9;13-11-14-9-8(10(17)15-11)19-12(18)16(9)6-7-4-2-1-3-5-7;2*1-3-15(10-6(18)5(17)4(2-16)21-10)8-7(20-3)9(19)14-11(12)13-8;1-6-15(5-3-2-4-11)8-7(17-6)9(16)14-10(12)13-8/h8-9,13H,1,4-5H2,2-3H3,(H3,16,17,18,21);2-4H,5H2,1H3,(H3,13,15,16,18);1-5H,6H2,(H3,13,14,15,17);2*4-6,10,16-18H,1-2H2,(H3,12,13,14,19);2-3H,1,4-5H2,(H3,12,13,14,16)/b;;;;;3-2-/t8-,9+,13+;;;2*4-,5-,6-,10-;/m0..11./s1. The van der Waals surface area contributed by atoms with Crippen LogP contribution in [0, 0.1) is 6.92 Å². The highest BCUT2D eigenvalue weighted by atomic mass is 35.5. The van der Waals surface area contributed by atoms with Gasteiger partial charge in [-0.05, 0) is 44.2 Å². The molecule has 0 amide bonds. The molecule has 0 aliphatic carbocycles. The molecule has 53 heteroatoms. The maximum Gasteiger partial charge on any atom is 0.423 e. The number of benzene rings is 1. The number of anilines is 9. The molecule has 0 bridgehead atoms. The number of H-pyrrole nitrogens is 6. The molecule has 16 heterocycles. The average Bonchev–Trinajstić information content (AvgIpc) is 1.60. The van der Waals surface area contributed by atoms with Gasteiger partial charge in [0.25, 0.3) is 33.4 Å². The van der Waals surface area contributed by atoms with Gasteiger partial charge in [0, 0.05) is 37.7 Å². The lowest BCUT2D eigenvalue weighted by Crippen LogP contribution is -2.43. The van der Waals surface area contributed by atoms with Gasteiger partial charge >= 0.3 is 21.5 Å². The maximum absolute atomic E-state index is 12.3. The van der Waals surface area contributed by atoms with Gasteiger partial charge in [0.05, 0.1) is 43.2 Å². The number of aromatic amines is 6. The van der Waals surface area contributed by atoms with Gasteiger partial charge in [-0.3, -0.25) is 97.0 Å². The minimum atomic E-state index is -1.35. The van der Waals surface area contributed by atoms with Crippen molar-refractivity contribution in [3.05, 3.63) is 219 Å². The summed E-state index contributed by atoms with van der Waals surface area (Å²) in [6, 6.07) is 13.3. The molecule has 124 heavy (non-hydrogen) atoms. The van der Waals surface area contributed by atoms with E-state index >= 15 is 0 Å². The Balaban J connectivity index is 0.000000136. The summed E-state index contributed by atoms with van der Waals surface area (Å²) in [5.74, 6) is -0.486. The predicted molar refractivity (Wildman–Crippen MR) is 450 cm³/mol. The van der Waals surface area contributed by atoms with Crippen LogP contribution in [0.3, 0.4) is 0 Å². The average molecular weight is 1800 g/mol. The van der Waals surface area contributed by atoms with Crippen LogP contribution in [0.1, 0.15) is 43.3 Å². The second kappa shape index (κ2) is 37.8. The zero-order chi connectivity index (χ0) is 89.7. The Bertz CT molecular complexity index is 6430. The quantitative estimate of drug-likeness (QED) is 0.0210. The van der Waals surface area contributed by atoms with Crippen LogP contribution in [-0.2, 0) is 41.6 Å². The van der Waals surface area contributed by atoms with Crippen LogP contribution in [-0.4, -0.2) is 209 Å². The van der Waals surface area contributed by atoms with Gasteiger partial charge in [0.2, 0.25) is 52.8 Å². The summed E-state index contributed by atoms with van der Waals surface area (Å²) in [5, 5.41) is 58.6. The molecule has 3 saturated heterocycles. The lowest BCUT2D eigenvalue weighted by Gasteiger charge is -2.26. The number of nitrogens with two attached hydrogens (primary N) is 6.